The normalized spacial score (nSPS) is 14.7. The number of ether oxygens (including phenoxy) is 1. The largest absolute Gasteiger partial charge is 0.487 e. The highest BCUT2D eigenvalue weighted by Crippen LogP contribution is 2.27. The number of carbonyl (C=O) groups excluding carboxylic acids is 1. The number of nitrogens with zero attached hydrogens (tertiary/aromatic N) is 2. The van der Waals surface area contributed by atoms with Crippen molar-refractivity contribution < 1.29 is 27.7 Å². The average molecular weight is 409 g/mol. The summed E-state index contributed by atoms with van der Waals surface area (Å²) in [7, 11) is 0. The van der Waals surface area contributed by atoms with Gasteiger partial charge in [0.25, 0.3) is 18.0 Å². The van der Waals surface area contributed by atoms with Crippen molar-refractivity contribution in [3.05, 3.63) is 52.0 Å². The van der Waals surface area contributed by atoms with Crippen LogP contribution in [0.25, 0.3) is 0 Å². The fourth-order valence-electron chi connectivity index (χ4n) is 3.12. The van der Waals surface area contributed by atoms with Crippen LogP contribution in [0.5, 0.6) is 5.75 Å². The quantitative estimate of drug-likeness (QED) is 0.521. The second-order valence-electron chi connectivity index (χ2n) is 6.73. The number of piperidine rings is 1. The van der Waals surface area contributed by atoms with E-state index >= 15 is 0 Å². The molecule has 2 heterocycles. The lowest BCUT2D eigenvalue weighted by Crippen LogP contribution is -2.28. The minimum atomic E-state index is -2.73. The Kier molecular flexibility index (Phi) is 6.76. The summed E-state index contributed by atoms with van der Waals surface area (Å²) < 4.78 is 35.1. The Morgan fingerprint density at radius 3 is 2.69 bits per heavy atom. The number of nitrogens with one attached hydrogen (secondary N) is 1. The van der Waals surface area contributed by atoms with E-state index in [0.29, 0.717) is 12.3 Å². The summed E-state index contributed by atoms with van der Waals surface area (Å²) in [6.07, 6.45) is 0.760. The third-order valence-electron chi connectivity index (χ3n) is 4.45. The third kappa shape index (κ3) is 5.98. The van der Waals surface area contributed by atoms with Crippen LogP contribution in [0.15, 0.2) is 34.7 Å². The number of halogens is 2. The van der Waals surface area contributed by atoms with Crippen LogP contribution in [-0.2, 0) is 6.54 Å². The fourth-order valence-corrected chi connectivity index (χ4v) is 3.12. The number of rotatable bonds is 8. The second-order valence-corrected chi connectivity index (χ2v) is 6.73. The fraction of sp³-hybridized carbons (Fsp3) is 0.421. The molecule has 0 saturated carbocycles. The number of nitro groups is 1. The number of furan rings is 1. The van der Waals surface area contributed by atoms with E-state index in [1.807, 2.05) is 0 Å². The van der Waals surface area contributed by atoms with Gasteiger partial charge in [-0.15, -0.1) is 0 Å². The molecule has 0 unspecified atom stereocenters. The molecule has 2 aromatic rings. The van der Waals surface area contributed by atoms with Crippen LogP contribution < -0.4 is 10.1 Å². The van der Waals surface area contributed by atoms with E-state index in [9.17, 15) is 23.7 Å². The van der Waals surface area contributed by atoms with Gasteiger partial charge in [-0.25, -0.2) is 8.78 Å². The van der Waals surface area contributed by atoms with Gasteiger partial charge >= 0.3 is 0 Å². The van der Waals surface area contributed by atoms with Crippen molar-refractivity contribution >= 4 is 17.3 Å². The molecule has 0 bridgehead atoms. The molecule has 0 aliphatic carbocycles. The number of likely N-dealkylation sites (tertiary alicyclic amines) is 1. The van der Waals surface area contributed by atoms with Crippen LogP contribution in [-0.4, -0.2) is 41.9 Å². The zero-order valence-electron chi connectivity index (χ0n) is 15.6. The molecule has 0 atom stereocenters. The van der Waals surface area contributed by atoms with E-state index in [-0.39, 0.29) is 17.2 Å². The Balaban J connectivity index is 1.68. The molecular weight excluding hydrogens is 388 g/mol. The number of benzene rings is 1. The first-order valence-electron chi connectivity index (χ1n) is 9.23. The maximum absolute atomic E-state index is 12.4. The number of alkyl halides is 2. The van der Waals surface area contributed by atoms with Gasteiger partial charge in [0, 0.05) is 12.1 Å². The summed E-state index contributed by atoms with van der Waals surface area (Å²) in [5.74, 6) is -0.0363. The molecule has 8 nitrogen and oxygen atoms in total. The van der Waals surface area contributed by atoms with Gasteiger partial charge in [0.15, 0.2) is 5.76 Å². The predicted octanol–water partition coefficient (Wildman–Crippen LogP) is 4.07. The van der Waals surface area contributed by atoms with Crippen molar-refractivity contribution in [2.45, 2.75) is 32.2 Å². The van der Waals surface area contributed by atoms with Crippen LogP contribution in [0, 0.1) is 10.1 Å². The lowest BCUT2D eigenvalue weighted by molar-refractivity contribution is -0.384. The summed E-state index contributed by atoms with van der Waals surface area (Å²) in [5.41, 5.74) is -0.347. The number of hydrogen-bond acceptors (Lipinski definition) is 6. The highest BCUT2D eigenvalue weighted by molar-refractivity contribution is 6.02. The Hall–Kier alpha value is -3.01. The molecule has 1 aliphatic rings. The minimum Gasteiger partial charge on any atom is -0.487 e. The van der Waals surface area contributed by atoms with Gasteiger partial charge < -0.3 is 14.5 Å². The van der Waals surface area contributed by atoms with E-state index in [1.165, 1.54) is 18.6 Å². The average Bonchev–Trinajstić information content (AvgIpc) is 3.15. The molecule has 1 aliphatic heterocycles. The van der Waals surface area contributed by atoms with E-state index in [2.05, 4.69) is 10.2 Å². The zero-order chi connectivity index (χ0) is 20.8. The third-order valence-corrected chi connectivity index (χ3v) is 4.45. The Morgan fingerprint density at radius 1 is 1.24 bits per heavy atom. The summed E-state index contributed by atoms with van der Waals surface area (Å²) in [5, 5.41) is 13.5. The van der Waals surface area contributed by atoms with E-state index in [0.717, 1.165) is 38.1 Å². The first-order valence-corrected chi connectivity index (χ1v) is 9.23. The molecular formula is C19H21F2N3O5. The van der Waals surface area contributed by atoms with Crippen LogP contribution in [0.1, 0.15) is 35.6 Å². The Morgan fingerprint density at radius 2 is 2.00 bits per heavy atom. The highest BCUT2D eigenvalue weighted by Gasteiger charge is 2.18. The summed E-state index contributed by atoms with van der Waals surface area (Å²) in [6, 6.07) is 6.62. The number of carbonyl (C=O) groups is 1. The van der Waals surface area contributed by atoms with Gasteiger partial charge in [0.2, 0.25) is 0 Å². The van der Waals surface area contributed by atoms with Gasteiger partial charge in [-0.05, 0) is 38.1 Å². The first-order chi connectivity index (χ1) is 13.9. The first kappa shape index (κ1) is 20.7. The molecule has 3 rings (SSSR count). The Labute approximate surface area is 165 Å². The molecule has 0 spiro atoms. The molecule has 1 aromatic carbocycles. The molecule has 1 saturated heterocycles. The highest BCUT2D eigenvalue weighted by atomic mass is 19.3. The van der Waals surface area contributed by atoms with E-state index < -0.39 is 29.6 Å². The summed E-state index contributed by atoms with van der Waals surface area (Å²) in [4.78, 5) is 25.0. The number of amides is 1. The lowest BCUT2D eigenvalue weighted by atomic mass is 10.1. The van der Waals surface area contributed by atoms with Gasteiger partial charge in [0.05, 0.1) is 23.2 Å². The van der Waals surface area contributed by atoms with Gasteiger partial charge in [-0.1, -0.05) is 6.42 Å². The zero-order valence-corrected chi connectivity index (χ0v) is 15.6. The standard InChI is InChI=1S/C19H21F2N3O5/c20-18(21)12-28-16-9-13(8-14(10-16)24(26)27)22-19(25)17-5-4-15(29-17)11-23-6-2-1-3-7-23/h4-5,8-10,18H,1-3,6-7,11-12H2,(H,22,25). The van der Waals surface area contributed by atoms with Crippen molar-refractivity contribution in [1.29, 1.82) is 0 Å². The van der Waals surface area contributed by atoms with Crippen molar-refractivity contribution in [2.75, 3.05) is 25.0 Å². The van der Waals surface area contributed by atoms with Crippen LogP contribution in [0.2, 0.25) is 0 Å². The smallest absolute Gasteiger partial charge is 0.291 e. The van der Waals surface area contributed by atoms with Crippen LogP contribution in [0.3, 0.4) is 0 Å². The molecule has 29 heavy (non-hydrogen) atoms. The van der Waals surface area contributed by atoms with Crippen molar-refractivity contribution in [3.63, 3.8) is 0 Å². The van der Waals surface area contributed by atoms with E-state index in [1.54, 1.807) is 6.07 Å². The van der Waals surface area contributed by atoms with Crippen molar-refractivity contribution in [3.8, 4) is 5.75 Å². The summed E-state index contributed by atoms with van der Waals surface area (Å²) >= 11 is 0. The molecule has 156 valence electrons. The second kappa shape index (κ2) is 9.46. The lowest BCUT2D eigenvalue weighted by Gasteiger charge is -2.25. The van der Waals surface area contributed by atoms with Gasteiger partial charge in [-0.2, -0.15) is 0 Å². The SMILES string of the molecule is O=C(Nc1cc(OCC(F)F)cc([N+](=O)[O-])c1)c1ccc(CN2CCCCC2)o1. The van der Waals surface area contributed by atoms with Crippen LogP contribution in [0.4, 0.5) is 20.2 Å². The summed E-state index contributed by atoms with van der Waals surface area (Å²) in [6.45, 7) is 1.66. The number of hydrogen-bond donors (Lipinski definition) is 1. The Bertz CT molecular complexity index is 865. The van der Waals surface area contributed by atoms with Crippen LogP contribution >= 0.6 is 0 Å². The maximum Gasteiger partial charge on any atom is 0.291 e. The number of nitro benzene ring substituents is 1. The predicted molar refractivity (Wildman–Crippen MR) is 100 cm³/mol. The molecule has 1 N–H and O–H groups in total. The molecule has 1 fully saturated rings. The van der Waals surface area contributed by atoms with E-state index in [4.69, 9.17) is 9.15 Å². The molecule has 1 aromatic heterocycles. The maximum atomic E-state index is 12.4. The van der Waals surface area contributed by atoms with Gasteiger partial charge in [0.1, 0.15) is 18.1 Å². The molecule has 10 heteroatoms. The number of non-ortho nitro benzene ring substituents is 1. The van der Waals surface area contributed by atoms with Crippen molar-refractivity contribution in [2.24, 2.45) is 0 Å². The van der Waals surface area contributed by atoms with Crippen molar-refractivity contribution in [1.82, 2.24) is 4.90 Å². The number of anilines is 1. The topological polar surface area (TPSA) is 97.8 Å². The molecule has 0 radical (unpaired) electrons. The minimum absolute atomic E-state index is 0.0439. The monoisotopic (exact) mass is 409 g/mol. The van der Waals surface area contributed by atoms with Gasteiger partial charge in [-0.3, -0.25) is 19.8 Å². The molecule has 1 amide bonds.